The van der Waals surface area contributed by atoms with Crippen molar-refractivity contribution < 1.29 is 9.53 Å². The fraction of sp³-hybridized carbons (Fsp3) is 0.125. The summed E-state index contributed by atoms with van der Waals surface area (Å²) in [4.78, 5) is 17.2. The van der Waals surface area contributed by atoms with Crippen molar-refractivity contribution in [2.24, 2.45) is 0 Å². The molecule has 4 rings (SSSR count). The Hall–Kier alpha value is -3.29. The van der Waals surface area contributed by atoms with E-state index < -0.39 is 0 Å². The predicted octanol–water partition coefficient (Wildman–Crippen LogP) is 5.88. The molecule has 0 saturated heterocycles. The molecule has 0 aliphatic heterocycles. The van der Waals surface area contributed by atoms with Crippen LogP contribution in [0.2, 0.25) is 0 Å². The number of hydrogen-bond acceptors (Lipinski definition) is 5. The molecule has 0 unspecified atom stereocenters. The largest absolute Gasteiger partial charge is 0.491 e. The van der Waals surface area contributed by atoms with Crippen molar-refractivity contribution in [3.63, 3.8) is 0 Å². The molecule has 0 spiro atoms. The highest BCUT2D eigenvalue weighted by Gasteiger charge is 2.10. The van der Waals surface area contributed by atoms with Gasteiger partial charge in [0.25, 0.3) is 5.91 Å². The molecule has 156 valence electrons. The number of amides is 1. The molecule has 1 heterocycles. The van der Waals surface area contributed by atoms with Crippen molar-refractivity contribution in [2.75, 3.05) is 5.32 Å². The number of aromatic nitrogens is 1. The van der Waals surface area contributed by atoms with Crippen LogP contribution in [-0.2, 0) is 0 Å². The van der Waals surface area contributed by atoms with E-state index in [-0.39, 0.29) is 17.1 Å². The molecule has 5 nitrogen and oxygen atoms in total. The summed E-state index contributed by atoms with van der Waals surface area (Å²) in [5.41, 5.74) is 3.25. The van der Waals surface area contributed by atoms with Crippen molar-refractivity contribution in [1.82, 2.24) is 10.3 Å². The van der Waals surface area contributed by atoms with Gasteiger partial charge in [-0.25, -0.2) is 4.98 Å². The molecular weight excluding hydrogens is 426 g/mol. The Morgan fingerprint density at radius 3 is 2.55 bits per heavy atom. The zero-order chi connectivity index (χ0) is 21.8. The summed E-state index contributed by atoms with van der Waals surface area (Å²) in [5.74, 6) is 0.440. The van der Waals surface area contributed by atoms with Crippen LogP contribution in [0.5, 0.6) is 5.75 Å². The lowest BCUT2D eigenvalue weighted by atomic mass is 10.2. The number of anilines is 1. The molecule has 7 heteroatoms. The van der Waals surface area contributed by atoms with Gasteiger partial charge in [-0.1, -0.05) is 24.3 Å². The molecule has 4 aromatic rings. The van der Waals surface area contributed by atoms with Gasteiger partial charge < -0.3 is 10.1 Å². The quantitative estimate of drug-likeness (QED) is 0.374. The van der Waals surface area contributed by atoms with Crippen LogP contribution in [0.3, 0.4) is 0 Å². The van der Waals surface area contributed by atoms with Gasteiger partial charge in [0.15, 0.2) is 5.11 Å². The molecule has 1 amide bonds. The molecule has 0 bridgehead atoms. The van der Waals surface area contributed by atoms with E-state index in [1.165, 1.54) is 0 Å². The van der Waals surface area contributed by atoms with Gasteiger partial charge in [0.1, 0.15) is 10.8 Å². The Kier molecular flexibility index (Phi) is 6.25. The average molecular weight is 448 g/mol. The van der Waals surface area contributed by atoms with Gasteiger partial charge >= 0.3 is 0 Å². The number of ether oxygens (including phenoxy) is 1. The summed E-state index contributed by atoms with van der Waals surface area (Å²) in [6, 6.07) is 22.8. The third kappa shape index (κ3) is 5.25. The van der Waals surface area contributed by atoms with E-state index in [0.717, 1.165) is 32.2 Å². The van der Waals surface area contributed by atoms with Gasteiger partial charge in [0.05, 0.1) is 16.3 Å². The normalized spacial score (nSPS) is 10.8. The highest BCUT2D eigenvalue weighted by Crippen LogP contribution is 2.31. The number of fused-ring (bicyclic) bond motifs is 1. The van der Waals surface area contributed by atoms with Crippen molar-refractivity contribution in [3.05, 3.63) is 78.4 Å². The number of rotatable bonds is 5. The first-order valence-corrected chi connectivity index (χ1v) is 11.1. The molecule has 0 aliphatic carbocycles. The van der Waals surface area contributed by atoms with Crippen LogP contribution >= 0.6 is 23.6 Å². The van der Waals surface area contributed by atoms with Gasteiger partial charge in [0.2, 0.25) is 0 Å². The molecule has 3 aromatic carbocycles. The van der Waals surface area contributed by atoms with Gasteiger partial charge in [-0.3, -0.25) is 10.1 Å². The molecule has 2 N–H and O–H groups in total. The lowest BCUT2D eigenvalue weighted by Gasteiger charge is -2.12. The minimum Gasteiger partial charge on any atom is -0.491 e. The molecule has 0 fully saturated rings. The molecule has 0 radical (unpaired) electrons. The Morgan fingerprint density at radius 1 is 1.03 bits per heavy atom. The van der Waals surface area contributed by atoms with E-state index in [9.17, 15) is 4.79 Å². The summed E-state index contributed by atoms with van der Waals surface area (Å²) >= 11 is 6.97. The lowest BCUT2D eigenvalue weighted by Crippen LogP contribution is -2.34. The SMILES string of the molecule is CC(C)Oc1ccc(C(=O)NC(=S)Nc2cccc(-c3nc4ccccc4s3)c2)cc1. The molecule has 0 saturated carbocycles. The standard InChI is InChI=1S/C24H21N3O2S2/c1-15(2)29-19-12-10-16(11-13-19)22(28)27-24(30)25-18-7-5-6-17(14-18)23-26-20-8-3-4-9-21(20)31-23/h3-15H,1-2H3,(H2,25,27,28,30). The number of para-hydroxylation sites is 1. The van der Waals surface area contributed by atoms with Crippen LogP contribution < -0.4 is 15.4 Å². The fourth-order valence-corrected chi connectivity index (χ4v) is 4.19. The van der Waals surface area contributed by atoms with Crippen LogP contribution in [0.1, 0.15) is 24.2 Å². The number of nitrogens with one attached hydrogen (secondary N) is 2. The third-order valence-corrected chi connectivity index (χ3v) is 5.67. The summed E-state index contributed by atoms with van der Waals surface area (Å²) < 4.78 is 6.74. The highest BCUT2D eigenvalue weighted by molar-refractivity contribution is 7.80. The Bertz CT molecular complexity index is 1200. The zero-order valence-corrected chi connectivity index (χ0v) is 18.7. The lowest BCUT2D eigenvalue weighted by molar-refractivity contribution is 0.0977. The number of nitrogens with zero attached hydrogens (tertiary/aromatic N) is 1. The number of carbonyl (C=O) groups excluding carboxylic acids is 1. The summed E-state index contributed by atoms with van der Waals surface area (Å²) in [5, 5.41) is 6.95. The number of thiocarbonyl (C=S) groups is 1. The topological polar surface area (TPSA) is 63.2 Å². The van der Waals surface area contributed by atoms with Crippen LogP contribution in [0, 0.1) is 0 Å². The van der Waals surface area contributed by atoms with Gasteiger partial charge in [-0.2, -0.15) is 0 Å². The second-order valence-corrected chi connectivity index (χ2v) is 8.61. The van der Waals surface area contributed by atoms with E-state index in [1.54, 1.807) is 35.6 Å². The molecule has 1 aromatic heterocycles. The van der Waals surface area contributed by atoms with E-state index in [0.29, 0.717) is 5.56 Å². The number of benzene rings is 3. The van der Waals surface area contributed by atoms with E-state index in [2.05, 4.69) is 16.7 Å². The first kappa shape index (κ1) is 21.0. The van der Waals surface area contributed by atoms with Crippen LogP contribution in [0.4, 0.5) is 5.69 Å². The number of carbonyl (C=O) groups is 1. The van der Waals surface area contributed by atoms with Crippen molar-refractivity contribution in [1.29, 1.82) is 0 Å². The van der Waals surface area contributed by atoms with Crippen LogP contribution in [0.25, 0.3) is 20.8 Å². The van der Waals surface area contributed by atoms with Gasteiger partial charge in [-0.05, 0) is 74.6 Å². The van der Waals surface area contributed by atoms with Crippen LogP contribution in [-0.4, -0.2) is 22.1 Å². The van der Waals surface area contributed by atoms with Gasteiger partial charge in [-0.15, -0.1) is 11.3 Å². The first-order valence-electron chi connectivity index (χ1n) is 9.83. The zero-order valence-electron chi connectivity index (χ0n) is 17.1. The summed E-state index contributed by atoms with van der Waals surface area (Å²) in [6.07, 6.45) is 0.0787. The second-order valence-electron chi connectivity index (χ2n) is 7.17. The maximum absolute atomic E-state index is 12.5. The average Bonchev–Trinajstić information content (AvgIpc) is 3.18. The minimum absolute atomic E-state index is 0.0787. The number of hydrogen-bond donors (Lipinski definition) is 2. The van der Waals surface area contributed by atoms with E-state index >= 15 is 0 Å². The van der Waals surface area contributed by atoms with E-state index in [4.69, 9.17) is 21.9 Å². The van der Waals surface area contributed by atoms with Crippen molar-refractivity contribution in [2.45, 2.75) is 20.0 Å². The van der Waals surface area contributed by atoms with Crippen LogP contribution in [0.15, 0.2) is 72.8 Å². The maximum atomic E-state index is 12.5. The second kappa shape index (κ2) is 9.24. The summed E-state index contributed by atoms with van der Waals surface area (Å²) in [6.45, 7) is 3.91. The van der Waals surface area contributed by atoms with Gasteiger partial charge in [0, 0.05) is 16.8 Å². The fourth-order valence-electron chi connectivity index (χ4n) is 3.02. The Labute approximate surface area is 190 Å². The summed E-state index contributed by atoms with van der Waals surface area (Å²) in [7, 11) is 0. The third-order valence-electron chi connectivity index (χ3n) is 4.38. The smallest absolute Gasteiger partial charge is 0.257 e. The highest BCUT2D eigenvalue weighted by atomic mass is 32.1. The van der Waals surface area contributed by atoms with Crippen molar-refractivity contribution in [3.8, 4) is 16.3 Å². The Morgan fingerprint density at radius 2 is 1.81 bits per heavy atom. The Balaban J connectivity index is 1.41. The van der Waals surface area contributed by atoms with Crippen molar-refractivity contribution >= 4 is 50.5 Å². The molecule has 31 heavy (non-hydrogen) atoms. The monoisotopic (exact) mass is 447 g/mol. The maximum Gasteiger partial charge on any atom is 0.257 e. The molecule has 0 aliphatic rings. The first-order chi connectivity index (χ1) is 15.0. The molecule has 0 atom stereocenters. The predicted molar refractivity (Wildman–Crippen MR) is 131 cm³/mol. The van der Waals surface area contributed by atoms with E-state index in [1.807, 2.05) is 56.3 Å². The minimum atomic E-state index is -0.282. The molecular formula is C24H21N3O2S2. The number of thiazole rings is 1.